The zero-order valence-corrected chi connectivity index (χ0v) is 14.9. The van der Waals surface area contributed by atoms with Crippen molar-refractivity contribution in [3.8, 4) is 0 Å². The van der Waals surface area contributed by atoms with E-state index >= 15 is 0 Å². The molecule has 0 amide bonds. The van der Waals surface area contributed by atoms with Crippen LogP contribution in [-0.2, 0) is 15.1 Å². The van der Waals surface area contributed by atoms with E-state index in [9.17, 15) is 9.90 Å². The predicted octanol–water partition coefficient (Wildman–Crippen LogP) is 2.70. The molecule has 2 aromatic rings. The number of benzene rings is 2. The van der Waals surface area contributed by atoms with Crippen molar-refractivity contribution in [2.45, 2.75) is 24.5 Å². The van der Waals surface area contributed by atoms with E-state index in [1.165, 1.54) is 0 Å². The number of carbonyl (C=O) groups excluding carboxylic acids is 1. The first-order valence-electron chi connectivity index (χ1n) is 9.97. The molecule has 1 unspecified atom stereocenters. The molecule has 0 aliphatic carbocycles. The topological polar surface area (TPSA) is 46.5 Å². The van der Waals surface area contributed by atoms with Crippen LogP contribution in [0, 0.1) is 5.92 Å². The minimum atomic E-state index is -1.83. The van der Waals surface area contributed by atoms with Gasteiger partial charge in [0.2, 0.25) is 5.60 Å². The molecular formula is C22H26NO3+. The number of hydrogen-bond donors (Lipinski definition) is 1. The van der Waals surface area contributed by atoms with Crippen molar-refractivity contribution in [3.05, 3.63) is 71.8 Å². The second-order valence-corrected chi connectivity index (χ2v) is 7.70. The van der Waals surface area contributed by atoms with Gasteiger partial charge in [0, 0.05) is 18.8 Å². The number of rotatable bonds is 4. The summed E-state index contributed by atoms with van der Waals surface area (Å²) in [6.45, 7) is 2.66. The van der Waals surface area contributed by atoms with Crippen LogP contribution in [0.1, 0.15) is 25.3 Å². The van der Waals surface area contributed by atoms with Crippen LogP contribution in [0.3, 0.4) is 0 Å². The Kier molecular flexibility index (Phi) is 4.03. The van der Waals surface area contributed by atoms with Crippen molar-refractivity contribution >= 4 is 5.97 Å². The third-order valence-electron chi connectivity index (χ3n) is 5.98. The van der Waals surface area contributed by atoms with Crippen molar-refractivity contribution in [3.63, 3.8) is 0 Å². The van der Waals surface area contributed by atoms with Gasteiger partial charge in [-0.15, -0.1) is 0 Å². The molecule has 26 heavy (non-hydrogen) atoms. The van der Waals surface area contributed by atoms with Crippen LogP contribution in [0.4, 0.5) is 0 Å². The van der Waals surface area contributed by atoms with Gasteiger partial charge in [-0.25, -0.2) is 4.79 Å². The van der Waals surface area contributed by atoms with Crippen molar-refractivity contribution in [1.82, 2.24) is 0 Å². The van der Waals surface area contributed by atoms with E-state index in [1.807, 2.05) is 36.4 Å². The average molecular weight is 353 g/mol. The molecular weight excluding hydrogens is 326 g/mol. The van der Waals surface area contributed by atoms with Gasteiger partial charge in [0.15, 0.2) is 6.10 Å². The molecule has 4 nitrogen and oxygen atoms in total. The molecule has 0 aromatic heterocycles. The fourth-order valence-electron chi connectivity index (χ4n) is 4.34. The fraction of sp³-hybridized carbons (Fsp3) is 0.409. The zero-order valence-electron chi connectivity index (χ0n) is 15.9. The van der Waals surface area contributed by atoms with Crippen LogP contribution in [0.25, 0.3) is 0 Å². The molecule has 3 aliphatic rings. The zero-order chi connectivity index (χ0) is 18.9. The maximum atomic E-state index is 13.3. The molecule has 1 atom stereocenters. The quantitative estimate of drug-likeness (QED) is 0.679. The van der Waals surface area contributed by atoms with Crippen LogP contribution in [-0.4, -0.2) is 48.3 Å². The molecule has 136 valence electrons. The first-order chi connectivity index (χ1) is 13.1. The molecule has 2 aromatic carbocycles. The lowest BCUT2D eigenvalue weighted by molar-refractivity contribution is -0.928. The molecule has 0 radical (unpaired) electrons. The number of hydrogen-bond acceptors (Lipinski definition) is 3. The number of ether oxygens (including phenoxy) is 1. The maximum Gasteiger partial charge on any atom is 0.348 e. The van der Waals surface area contributed by atoms with Crippen LogP contribution in [0.2, 0.25) is 0 Å². The minimum absolute atomic E-state index is 0.232. The summed E-state index contributed by atoms with van der Waals surface area (Å²) in [5, 5.41) is 11.5. The van der Waals surface area contributed by atoms with Crippen molar-refractivity contribution in [1.29, 1.82) is 0 Å². The van der Waals surface area contributed by atoms with Crippen molar-refractivity contribution in [2.24, 2.45) is 5.92 Å². The lowest BCUT2D eigenvalue weighted by Gasteiger charge is -2.50. The van der Waals surface area contributed by atoms with E-state index in [0.29, 0.717) is 35.1 Å². The number of quaternary nitrogens is 1. The van der Waals surface area contributed by atoms with E-state index in [4.69, 9.17) is 6.11 Å². The second kappa shape index (κ2) is 6.53. The fourth-order valence-corrected chi connectivity index (χ4v) is 4.34. The van der Waals surface area contributed by atoms with Gasteiger partial charge in [-0.05, 0) is 11.1 Å². The largest absolute Gasteiger partial charge is 0.453 e. The molecule has 2 bridgehead atoms. The first kappa shape index (κ1) is 16.0. The summed E-state index contributed by atoms with van der Waals surface area (Å²) >= 11 is 0. The van der Waals surface area contributed by atoms with Crippen molar-refractivity contribution < 1.29 is 20.5 Å². The number of carbonyl (C=O) groups is 1. The van der Waals surface area contributed by atoms with Gasteiger partial charge < -0.3 is 14.3 Å². The summed E-state index contributed by atoms with van der Waals surface area (Å²) in [6, 6.07) is 18.0. The Labute approximate surface area is 156 Å². The number of fused-ring (bicyclic) bond motifs is 3. The summed E-state index contributed by atoms with van der Waals surface area (Å²) in [6.07, 6.45) is 1.72. The lowest BCUT2D eigenvalue weighted by Crippen LogP contribution is -2.62. The highest BCUT2D eigenvalue weighted by Crippen LogP contribution is 2.37. The minimum Gasteiger partial charge on any atom is -0.453 e. The van der Waals surface area contributed by atoms with Crippen molar-refractivity contribution in [2.75, 3.05) is 26.7 Å². The summed E-state index contributed by atoms with van der Waals surface area (Å²) in [5.74, 6) is -0.293. The number of likely N-dealkylation sites (N-methyl/N-ethyl adjacent to an activating group) is 1. The average Bonchev–Trinajstić information content (AvgIpc) is 2.75. The van der Waals surface area contributed by atoms with E-state index in [2.05, 4.69) is 0 Å². The summed E-state index contributed by atoms with van der Waals surface area (Å²) in [5.41, 5.74) is -0.820. The Morgan fingerprint density at radius 1 is 1.08 bits per heavy atom. The SMILES string of the molecule is [2H]C[N+]12CCC(CC1)C(OC(=O)C(O)(c1ccccc1)c1ccccc1)C2. The Morgan fingerprint density at radius 3 is 2.12 bits per heavy atom. The molecule has 3 saturated heterocycles. The number of piperidine rings is 3. The third-order valence-corrected chi connectivity index (χ3v) is 5.98. The summed E-state index contributed by atoms with van der Waals surface area (Å²) in [7, 11) is 0.322. The molecule has 3 fully saturated rings. The van der Waals surface area contributed by atoms with E-state index < -0.39 is 11.6 Å². The Morgan fingerprint density at radius 2 is 1.62 bits per heavy atom. The number of esters is 1. The highest BCUT2D eigenvalue weighted by Gasteiger charge is 2.49. The highest BCUT2D eigenvalue weighted by molar-refractivity contribution is 5.85. The highest BCUT2D eigenvalue weighted by atomic mass is 16.6. The van der Waals surface area contributed by atoms with Crippen LogP contribution in [0.15, 0.2) is 60.7 Å². The lowest BCUT2D eigenvalue weighted by atomic mass is 9.83. The van der Waals surface area contributed by atoms with Gasteiger partial charge in [0.1, 0.15) is 6.54 Å². The Hall–Kier alpha value is -2.17. The van der Waals surface area contributed by atoms with Crippen LogP contribution in [0.5, 0.6) is 0 Å². The molecule has 3 heterocycles. The summed E-state index contributed by atoms with van der Waals surface area (Å²) < 4.78 is 14.6. The normalized spacial score (nSPS) is 28.4. The standard InChI is InChI=1S/C22H26NO3/c1-23-14-12-17(13-15-23)20(16-23)26-21(24)22(25,18-8-4-2-5-9-18)19-10-6-3-7-11-19/h2-11,17,20,25H,12-16H2,1H3/q+1/i1D. The monoisotopic (exact) mass is 353 g/mol. The van der Waals surface area contributed by atoms with E-state index in [1.54, 1.807) is 24.3 Å². The summed E-state index contributed by atoms with van der Waals surface area (Å²) in [4.78, 5) is 13.3. The predicted molar refractivity (Wildman–Crippen MR) is 99.3 cm³/mol. The molecule has 3 aliphatic heterocycles. The van der Waals surface area contributed by atoms with E-state index in [0.717, 1.165) is 25.9 Å². The van der Waals surface area contributed by atoms with Gasteiger partial charge in [-0.1, -0.05) is 60.7 Å². The van der Waals surface area contributed by atoms with Gasteiger partial charge in [0.05, 0.1) is 21.5 Å². The maximum absolute atomic E-state index is 13.3. The first-order valence-corrected chi connectivity index (χ1v) is 9.26. The van der Waals surface area contributed by atoms with E-state index in [-0.39, 0.29) is 6.10 Å². The third kappa shape index (κ3) is 2.93. The van der Waals surface area contributed by atoms with Gasteiger partial charge in [0.25, 0.3) is 0 Å². The molecule has 0 saturated carbocycles. The molecule has 4 heteroatoms. The van der Waals surface area contributed by atoms with Crippen LogP contribution < -0.4 is 0 Å². The van der Waals surface area contributed by atoms with Gasteiger partial charge in [-0.2, -0.15) is 0 Å². The number of aliphatic hydroxyl groups is 1. The smallest absolute Gasteiger partial charge is 0.348 e. The Balaban J connectivity index is 1.64. The number of nitrogens with zero attached hydrogens (tertiary/aromatic N) is 1. The Bertz CT molecular complexity index is 748. The van der Waals surface area contributed by atoms with Gasteiger partial charge in [-0.3, -0.25) is 0 Å². The molecule has 5 rings (SSSR count). The van der Waals surface area contributed by atoms with Crippen LogP contribution >= 0.6 is 0 Å². The molecule has 1 N–H and O–H groups in total. The molecule has 0 spiro atoms. The second-order valence-electron chi connectivity index (χ2n) is 7.70. The van der Waals surface area contributed by atoms with Gasteiger partial charge >= 0.3 is 5.97 Å².